The van der Waals surface area contributed by atoms with Crippen molar-refractivity contribution in [2.45, 2.75) is 30.7 Å². The van der Waals surface area contributed by atoms with Gasteiger partial charge in [-0.1, -0.05) is 36.4 Å². The molecule has 4 rings (SSSR count). The van der Waals surface area contributed by atoms with E-state index in [-0.39, 0.29) is 35.9 Å². The molecule has 3 aromatic carbocycles. The number of hydrogen-bond donors (Lipinski definition) is 1. The van der Waals surface area contributed by atoms with Gasteiger partial charge in [-0.3, -0.25) is 4.79 Å². The quantitative estimate of drug-likeness (QED) is 0.617. The lowest BCUT2D eigenvalue weighted by Gasteiger charge is -2.31. The summed E-state index contributed by atoms with van der Waals surface area (Å²) >= 11 is 0. The molecule has 0 spiro atoms. The van der Waals surface area contributed by atoms with Crippen molar-refractivity contribution in [3.8, 4) is 0 Å². The second kappa shape index (κ2) is 8.96. The lowest BCUT2D eigenvalue weighted by molar-refractivity contribution is -0.126. The molecule has 1 heterocycles. The zero-order valence-corrected chi connectivity index (χ0v) is 18.4. The Hall–Kier alpha value is -2.84. The molecule has 1 atom stereocenters. The number of nitrogens with one attached hydrogen (secondary N) is 1. The molecule has 0 bridgehead atoms. The van der Waals surface area contributed by atoms with Gasteiger partial charge in [0.15, 0.2) is 11.6 Å². The van der Waals surface area contributed by atoms with Gasteiger partial charge in [0.1, 0.15) is 0 Å². The van der Waals surface area contributed by atoms with Crippen molar-refractivity contribution in [1.82, 2.24) is 9.62 Å². The molecule has 0 radical (unpaired) electrons. The summed E-state index contributed by atoms with van der Waals surface area (Å²) in [5.41, 5.74) is 0.996. The molecule has 3 aromatic rings. The van der Waals surface area contributed by atoms with Crippen LogP contribution in [0.5, 0.6) is 0 Å². The molecule has 1 saturated heterocycles. The number of piperidine rings is 1. The Morgan fingerprint density at radius 1 is 0.969 bits per heavy atom. The number of fused-ring (bicyclic) bond motifs is 1. The third-order valence-corrected chi connectivity index (χ3v) is 7.88. The second-order valence-electron chi connectivity index (χ2n) is 8.09. The van der Waals surface area contributed by atoms with Crippen molar-refractivity contribution in [2.75, 3.05) is 13.1 Å². The van der Waals surface area contributed by atoms with Crippen LogP contribution in [0.25, 0.3) is 10.8 Å². The summed E-state index contributed by atoms with van der Waals surface area (Å²) < 4.78 is 53.3. The van der Waals surface area contributed by atoms with E-state index in [2.05, 4.69) is 11.4 Å². The van der Waals surface area contributed by atoms with Gasteiger partial charge in [0, 0.05) is 19.0 Å². The summed E-state index contributed by atoms with van der Waals surface area (Å²) in [6.07, 6.45) is 0.721. The first kappa shape index (κ1) is 22.4. The minimum Gasteiger partial charge on any atom is -0.349 e. The topological polar surface area (TPSA) is 66.5 Å². The lowest BCUT2D eigenvalue weighted by atomic mass is 9.96. The van der Waals surface area contributed by atoms with Crippen LogP contribution < -0.4 is 5.32 Å². The van der Waals surface area contributed by atoms with E-state index < -0.39 is 21.7 Å². The fourth-order valence-corrected chi connectivity index (χ4v) is 5.52. The van der Waals surface area contributed by atoms with E-state index in [1.807, 2.05) is 43.3 Å². The molecule has 0 aromatic heterocycles. The number of rotatable bonds is 5. The minimum absolute atomic E-state index is 0.115. The highest BCUT2D eigenvalue weighted by Crippen LogP contribution is 2.26. The Balaban J connectivity index is 1.38. The Morgan fingerprint density at radius 2 is 1.66 bits per heavy atom. The van der Waals surface area contributed by atoms with Gasteiger partial charge >= 0.3 is 0 Å². The van der Waals surface area contributed by atoms with Crippen LogP contribution in [-0.4, -0.2) is 31.7 Å². The SMILES string of the molecule is C[C@@H](NC(=O)C1CCN(S(=O)(=O)c2ccc(F)c(F)c2)CC1)c1ccc2ccccc2c1. The van der Waals surface area contributed by atoms with Crippen molar-refractivity contribution < 1.29 is 22.0 Å². The molecule has 1 aliphatic heterocycles. The fourth-order valence-electron chi connectivity index (χ4n) is 4.04. The Kier molecular flexibility index (Phi) is 6.26. The molecule has 32 heavy (non-hydrogen) atoms. The molecule has 0 aliphatic carbocycles. The average Bonchev–Trinajstić information content (AvgIpc) is 2.80. The maximum atomic E-state index is 13.5. The van der Waals surface area contributed by atoms with E-state index in [0.29, 0.717) is 18.9 Å². The zero-order chi connectivity index (χ0) is 22.9. The van der Waals surface area contributed by atoms with Gasteiger partial charge in [-0.25, -0.2) is 17.2 Å². The number of carbonyl (C=O) groups excluding carboxylic acids is 1. The highest BCUT2D eigenvalue weighted by molar-refractivity contribution is 7.89. The van der Waals surface area contributed by atoms with Gasteiger partial charge in [0.25, 0.3) is 0 Å². The molecule has 1 aliphatic rings. The van der Waals surface area contributed by atoms with Crippen LogP contribution in [0, 0.1) is 17.6 Å². The molecule has 168 valence electrons. The number of carbonyl (C=O) groups is 1. The van der Waals surface area contributed by atoms with E-state index in [1.54, 1.807) is 0 Å². The van der Waals surface area contributed by atoms with E-state index >= 15 is 0 Å². The lowest BCUT2D eigenvalue weighted by Crippen LogP contribution is -2.43. The standard InChI is InChI=1S/C24H24F2N2O3S/c1-16(19-7-6-17-4-2-3-5-20(17)14-19)27-24(29)18-10-12-28(13-11-18)32(30,31)21-8-9-22(25)23(26)15-21/h2-9,14-16,18H,10-13H2,1H3,(H,27,29)/t16-/m1/s1. The molecule has 8 heteroatoms. The predicted molar refractivity (Wildman–Crippen MR) is 118 cm³/mol. The highest BCUT2D eigenvalue weighted by Gasteiger charge is 2.33. The van der Waals surface area contributed by atoms with Gasteiger partial charge < -0.3 is 5.32 Å². The third-order valence-electron chi connectivity index (χ3n) is 5.99. The van der Waals surface area contributed by atoms with Crippen molar-refractivity contribution in [2.24, 2.45) is 5.92 Å². The Morgan fingerprint density at radius 3 is 2.34 bits per heavy atom. The number of nitrogens with zero attached hydrogens (tertiary/aromatic N) is 1. The van der Waals surface area contributed by atoms with E-state index in [1.165, 1.54) is 4.31 Å². The smallest absolute Gasteiger partial charge is 0.243 e. The van der Waals surface area contributed by atoms with Crippen LogP contribution in [0.1, 0.15) is 31.4 Å². The number of halogens is 2. The van der Waals surface area contributed by atoms with Crippen molar-refractivity contribution >= 4 is 26.7 Å². The number of amides is 1. The molecule has 1 fully saturated rings. The first-order valence-corrected chi connectivity index (χ1v) is 11.9. The summed E-state index contributed by atoms with van der Waals surface area (Å²) in [6, 6.07) is 16.4. The van der Waals surface area contributed by atoms with Crippen LogP contribution >= 0.6 is 0 Å². The summed E-state index contributed by atoms with van der Waals surface area (Å²) in [5, 5.41) is 5.26. The van der Waals surface area contributed by atoms with Crippen molar-refractivity contribution in [3.63, 3.8) is 0 Å². The normalized spacial score (nSPS) is 16.7. The van der Waals surface area contributed by atoms with Crippen molar-refractivity contribution in [1.29, 1.82) is 0 Å². The zero-order valence-electron chi connectivity index (χ0n) is 17.6. The van der Waals surface area contributed by atoms with Gasteiger partial charge in [-0.2, -0.15) is 4.31 Å². The minimum atomic E-state index is -3.94. The van der Waals surface area contributed by atoms with Gasteiger partial charge in [0.2, 0.25) is 15.9 Å². The van der Waals surface area contributed by atoms with Gasteiger partial charge in [-0.15, -0.1) is 0 Å². The first-order chi connectivity index (χ1) is 15.3. The summed E-state index contributed by atoms with van der Waals surface area (Å²) in [7, 11) is -3.94. The van der Waals surface area contributed by atoms with Crippen LogP contribution in [0.2, 0.25) is 0 Å². The van der Waals surface area contributed by atoms with Crippen LogP contribution in [0.15, 0.2) is 65.6 Å². The van der Waals surface area contributed by atoms with Crippen LogP contribution in [-0.2, 0) is 14.8 Å². The van der Waals surface area contributed by atoms with Gasteiger partial charge in [0.05, 0.1) is 10.9 Å². The molecule has 5 nitrogen and oxygen atoms in total. The van der Waals surface area contributed by atoms with E-state index in [0.717, 1.165) is 28.5 Å². The maximum absolute atomic E-state index is 13.5. The Labute approximate surface area is 186 Å². The highest BCUT2D eigenvalue weighted by atomic mass is 32.2. The Bertz CT molecular complexity index is 1260. The molecular formula is C24H24F2N2O3S. The fraction of sp³-hybridized carbons (Fsp3) is 0.292. The third kappa shape index (κ3) is 4.52. The molecule has 1 N–H and O–H groups in total. The van der Waals surface area contributed by atoms with E-state index in [9.17, 15) is 22.0 Å². The predicted octanol–water partition coefficient (Wildman–Crippen LogP) is 4.40. The van der Waals surface area contributed by atoms with Crippen LogP contribution in [0.4, 0.5) is 8.78 Å². The first-order valence-electron chi connectivity index (χ1n) is 10.5. The number of benzene rings is 3. The number of hydrogen-bond acceptors (Lipinski definition) is 3. The second-order valence-corrected chi connectivity index (χ2v) is 10.0. The summed E-state index contributed by atoms with van der Waals surface area (Å²) in [6.45, 7) is 2.21. The molecular weight excluding hydrogens is 434 g/mol. The van der Waals surface area contributed by atoms with Crippen LogP contribution in [0.3, 0.4) is 0 Å². The maximum Gasteiger partial charge on any atom is 0.243 e. The molecule has 1 amide bonds. The largest absolute Gasteiger partial charge is 0.349 e. The average molecular weight is 459 g/mol. The monoisotopic (exact) mass is 458 g/mol. The summed E-state index contributed by atoms with van der Waals surface area (Å²) in [5.74, 6) is -2.73. The molecule has 0 unspecified atom stereocenters. The van der Waals surface area contributed by atoms with E-state index in [4.69, 9.17) is 0 Å². The number of sulfonamides is 1. The van der Waals surface area contributed by atoms with Gasteiger partial charge in [-0.05, 0) is 60.4 Å². The van der Waals surface area contributed by atoms with Crippen molar-refractivity contribution in [3.05, 3.63) is 77.9 Å². The molecule has 0 saturated carbocycles. The summed E-state index contributed by atoms with van der Waals surface area (Å²) in [4.78, 5) is 12.5.